The van der Waals surface area contributed by atoms with Crippen molar-refractivity contribution in [1.29, 1.82) is 0 Å². The van der Waals surface area contributed by atoms with Gasteiger partial charge in [0.25, 0.3) is 0 Å². The van der Waals surface area contributed by atoms with Gasteiger partial charge in [-0.3, -0.25) is 0 Å². The lowest BCUT2D eigenvalue weighted by Gasteiger charge is -1.86. The van der Waals surface area contributed by atoms with Gasteiger partial charge in [-0.25, -0.2) is 0 Å². The summed E-state index contributed by atoms with van der Waals surface area (Å²) >= 11 is 0. The van der Waals surface area contributed by atoms with E-state index in [1.165, 1.54) is 0 Å². The molecule has 0 bridgehead atoms. The maximum absolute atomic E-state index is 5.16. The van der Waals surface area contributed by atoms with E-state index in [2.05, 4.69) is 0 Å². The first-order valence-corrected chi connectivity index (χ1v) is 2.32. The molecule has 6 heavy (non-hydrogen) atoms. The molecule has 0 atom stereocenters. The molecule has 0 unspecified atom stereocenters. The van der Waals surface area contributed by atoms with E-state index in [0.717, 1.165) is 25.5 Å². The van der Waals surface area contributed by atoms with E-state index < -0.39 is 0 Å². The Labute approximate surface area is 42.1 Å². The van der Waals surface area contributed by atoms with Crippen LogP contribution in [-0.2, 0) is 0 Å². The minimum Gasteiger partial charge on any atom is -0.0887 e. The molecular formula is C4H8B2. The Kier molecular flexibility index (Phi) is 5.24. The molecule has 0 aliphatic heterocycles. The van der Waals surface area contributed by atoms with E-state index in [4.69, 9.17) is 15.7 Å². The zero-order chi connectivity index (χ0) is 4.83. The van der Waals surface area contributed by atoms with Gasteiger partial charge in [-0.15, -0.1) is 0 Å². The molecule has 0 aliphatic carbocycles. The number of rotatable bonds is 3. The summed E-state index contributed by atoms with van der Waals surface area (Å²) in [5.74, 6) is 0. The SMILES string of the molecule is [B]CCCC[B]. The van der Waals surface area contributed by atoms with Gasteiger partial charge in [0.2, 0.25) is 0 Å². The first kappa shape index (κ1) is 6.13. The lowest BCUT2D eigenvalue weighted by Crippen LogP contribution is -1.71. The minimum absolute atomic E-state index is 0.775. The summed E-state index contributed by atoms with van der Waals surface area (Å²) < 4.78 is 0. The van der Waals surface area contributed by atoms with Crippen LogP contribution in [0.1, 0.15) is 12.8 Å². The molecule has 0 aromatic heterocycles. The monoisotopic (exact) mass is 78.1 g/mol. The highest BCUT2D eigenvalue weighted by molar-refractivity contribution is 6.09. The normalized spacial score (nSPS) is 8.67. The van der Waals surface area contributed by atoms with Crippen molar-refractivity contribution in [3.05, 3.63) is 0 Å². The molecule has 0 saturated heterocycles. The van der Waals surface area contributed by atoms with Gasteiger partial charge >= 0.3 is 0 Å². The zero-order valence-electron chi connectivity index (χ0n) is 3.98. The topological polar surface area (TPSA) is 0 Å². The van der Waals surface area contributed by atoms with Crippen molar-refractivity contribution < 1.29 is 0 Å². The molecule has 0 spiro atoms. The van der Waals surface area contributed by atoms with Gasteiger partial charge in [0.15, 0.2) is 0 Å². The Hall–Kier alpha value is 0.130. The lowest BCUT2D eigenvalue weighted by molar-refractivity contribution is 0.881. The summed E-state index contributed by atoms with van der Waals surface area (Å²) in [5.41, 5.74) is 0. The van der Waals surface area contributed by atoms with E-state index in [0.29, 0.717) is 0 Å². The highest BCUT2D eigenvalue weighted by atomic mass is 13.7. The summed E-state index contributed by atoms with van der Waals surface area (Å²) in [7, 11) is 10.3. The Morgan fingerprint density at radius 2 is 1.17 bits per heavy atom. The maximum atomic E-state index is 5.16. The number of unbranched alkanes of at least 4 members (excludes halogenated alkanes) is 1. The van der Waals surface area contributed by atoms with Crippen molar-refractivity contribution in [3.8, 4) is 0 Å². The molecule has 0 saturated carbocycles. The maximum Gasteiger partial charge on any atom is 0.0652 e. The zero-order valence-corrected chi connectivity index (χ0v) is 3.98. The third-order valence-corrected chi connectivity index (χ3v) is 0.658. The van der Waals surface area contributed by atoms with Crippen LogP contribution in [0.25, 0.3) is 0 Å². The van der Waals surface area contributed by atoms with Gasteiger partial charge in [0.05, 0.1) is 15.7 Å². The Balaban J connectivity index is 2.34. The molecule has 0 rings (SSSR count). The van der Waals surface area contributed by atoms with Crippen molar-refractivity contribution in [2.75, 3.05) is 0 Å². The molecular weight excluding hydrogens is 69.7 g/mol. The van der Waals surface area contributed by atoms with Crippen LogP contribution in [0.5, 0.6) is 0 Å². The summed E-state index contributed by atoms with van der Waals surface area (Å²) in [5, 5.41) is 0. The second-order valence-electron chi connectivity index (χ2n) is 1.28. The average molecular weight is 77.7 g/mol. The lowest BCUT2D eigenvalue weighted by atomic mass is 9.94. The Morgan fingerprint density at radius 3 is 1.33 bits per heavy atom. The van der Waals surface area contributed by atoms with Crippen LogP contribution in [0.3, 0.4) is 0 Å². The molecule has 2 heteroatoms. The highest BCUT2D eigenvalue weighted by Gasteiger charge is 1.75. The molecule has 0 fully saturated rings. The molecule has 0 heterocycles. The van der Waals surface area contributed by atoms with Crippen LogP contribution in [-0.4, -0.2) is 15.7 Å². The summed E-state index contributed by atoms with van der Waals surface area (Å²) in [6.45, 7) is 0. The van der Waals surface area contributed by atoms with Gasteiger partial charge in [-0.1, -0.05) is 25.5 Å². The first-order valence-electron chi connectivity index (χ1n) is 2.32. The fraction of sp³-hybridized carbons (Fsp3) is 1.00. The molecule has 0 nitrogen and oxygen atoms in total. The number of hydrogen-bond acceptors (Lipinski definition) is 0. The van der Waals surface area contributed by atoms with E-state index in [1.807, 2.05) is 0 Å². The third-order valence-electron chi connectivity index (χ3n) is 0.658. The highest BCUT2D eigenvalue weighted by Crippen LogP contribution is 1.93. The standard InChI is InChI=1S/C4H8B2/c5-3-1-2-4-6/h1-4H2. The average Bonchev–Trinajstić information content (AvgIpc) is 1.61. The van der Waals surface area contributed by atoms with Crippen molar-refractivity contribution in [3.63, 3.8) is 0 Å². The smallest absolute Gasteiger partial charge is 0.0652 e. The summed E-state index contributed by atoms with van der Waals surface area (Å²) in [4.78, 5) is 0. The molecule has 0 aromatic carbocycles. The van der Waals surface area contributed by atoms with Gasteiger partial charge in [-0.05, 0) is 0 Å². The third kappa shape index (κ3) is 4.13. The molecule has 0 amide bonds. The fourth-order valence-electron chi connectivity index (χ4n) is 0.289. The van der Waals surface area contributed by atoms with Crippen LogP contribution in [0, 0.1) is 0 Å². The minimum atomic E-state index is 0.775. The van der Waals surface area contributed by atoms with Crippen molar-refractivity contribution in [1.82, 2.24) is 0 Å². The van der Waals surface area contributed by atoms with Crippen LogP contribution in [0.2, 0.25) is 12.6 Å². The Morgan fingerprint density at radius 1 is 0.833 bits per heavy atom. The van der Waals surface area contributed by atoms with Crippen molar-refractivity contribution >= 4 is 15.7 Å². The van der Waals surface area contributed by atoms with Crippen LogP contribution in [0.4, 0.5) is 0 Å². The van der Waals surface area contributed by atoms with Crippen LogP contribution >= 0.6 is 0 Å². The van der Waals surface area contributed by atoms with Gasteiger partial charge in [0.1, 0.15) is 0 Å². The second kappa shape index (κ2) is 5.13. The van der Waals surface area contributed by atoms with Gasteiger partial charge < -0.3 is 0 Å². The van der Waals surface area contributed by atoms with Crippen LogP contribution in [0.15, 0.2) is 0 Å². The first-order chi connectivity index (χ1) is 2.91. The summed E-state index contributed by atoms with van der Waals surface area (Å²) in [6.07, 6.45) is 3.68. The molecule has 0 aromatic rings. The second-order valence-corrected chi connectivity index (χ2v) is 1.28. The molecule has 30 valence electrons. The van der Waals surface area contributed by atoms with E-state index >= 15 is 0 Å². The molecule has 0 aliphatic rings. The van der Waals surface area contributed by atoms with Gasteiger partial charge in [0, 0.05) is 0 Å². The van der Waals surface area contributed by atoms with E-state index in [1.54, 1.807) is 0 Å². The molecule has 0 N–H and O–H groups in total. The quantitative estimate of drug-likeness (QED) is 0.348. The van der Waals surface area contributed by atoms with Crippen molar-refractivity contribution in [2.45, 2.75) is 25.5 Å². The predicted octanol–water partition coefficient (Wildman–Crippen LogP) is 0.940. The fourth-order valence-corrected chi connectivity index (χ4v) is 0.289. The number of hydrogen-bond donors (Lipinski definition) is 0. The molecule has 4 radical (unpaired) electrons. The van der Waals surface area contributed by atoms with Crippen molar-refractivity contribution in [2.24, 2.45) is 0 Å². The van der Waals surface area contributed by atoms with E-state index in [9.17, 15) is 0 Å². The van der Waals surface area contributed by atoms with Gasteiger partial charge in [-0.2, -0.15) is 0 Å². The van der Waals surface area contributed by atoms with Crippen LogP contribution < -0.4 is 0 Å². The predicted molar refractivity (Wildman–Crippen MR) is 30.4 cm³/mol. The Bertz CT molecular complexity index is 17.5. The largest absolute Gasteiger partial charge is 0.0887 e. The summed E-state index contributed by atoms with van der Waals surface area (Å²) in [6, 6.07) is 0. The van der Waals surface area contributed by atoms with E-state index in [-0.39, 0.29) is 0 Å².